The van der Waals surface area contributed by atoms with Gasteiger partial charge in [0.05, 0.1) is 47.9 Å². The van der Waals surface area contributed by atoms with Crippen molar-refractivity contribution in [3.05, 3.63) is 78.9 Å². The Morgan fingerprint density at radius 3 is 2.74 bits per heavy atom. The predicted molar refractivity (Wildman–Crippen MR) is 128 cm³/mol. The Kier molecular flexibility index (Phi) is 6.74. The van der Waals surface area contributed by atoms with Gasteiger partial charge < -0.3 is 18.6 Å². The molecular formula is C25H26N2O6S. The van der Waals surface area contributed by atoms with E-state index < -0.39 is 12.0 Å². The SMILES string of the molecule is CCOC(=O)C1=C(C)N=c2s/c(=C\c3ccco3)c(=O)n2[C@H]1c1ccc(OC(C)C)c(OC)c1. The number of nitrogens with zero attached hydrogens (tertiary/aromatic N) is 2. The summed E-state index contributed by atoms with van der Waals surface area (Å²) in [7, 11) is 1.55. The molecule has 2 aromatic heterocycles. The number of esters is 1. The Hall–Kier alpha value is -3.59. The number of rotatable bonds is 7. The van der Waals surface area contributed by atoms with E-state index in [1.54, 1.807) is 57.6 Å². The van der Waals surface area contributed by atoms with Crippen molar-refractivity contribution in [1.82, 2.24) is 4.57 Å². The minimum Gasteiger partial charge on any atom is -0.493 e. The van der Waals surface area contributed by atoms with Gasteiger partial charge in [0, 0.05) is 6.08 Å². The molecular weight excluding hydrogens is 456 g/mol. The number of ether oxygens (including phenoxy) is 3. The maximum absolute atomic E-state index is 13.5. The van der Waals surface area contributed by atoms with E-state index in [0.717, 1.165) is 0 Å². The third-order valence-electron chi connectivity index (χ3n) is 5.20. The van der Waals surface area contributed by atoms with Crippen LogP contribution in [0.1, 0.15) is 45.1 Å². The second-order valence-electron chi connectivity index (χ2n) is 7.89. The number of carbonyl (C=O) groups is 1. The van der Waals surface area contributed by atoms with Gasteiger partial charge in [0.1, 0.15) is 5.76 Å². The fourth-order valence-corrected chi connectivity index (χ4v) is 4.84. The molecule has 0 N–H and O–H groups in total. The van der Waals surface area contributed by atoms with E-state index in [0.29, 0.717) is 43.4 Å². The lowest BCUT2D eigenvalue weighted by Crippen LogP contribution is -2.39. The molecule has 1 aromatic carbocycles. The molecule has 3 aromatic rings. The Bertz CT molecular complexity index is 1410. The molecule has 8 nitrogen and oxygen atoms in total. The highest BCUT2D eigenvalue weighted by atomic mass is 32.1. The lowest BCUT2D eigenvalue weighted by molar-refractivity contribution is -0.139. The van der Waals surface area contributed by atoms with E-state index in [1.165, 1.54) is 15.9 Å². The van der Waals surface area contributed by atoms with Crippen LogP contribution in [-0.4, -0.2) is 30.4 Å². The molecule has 0 saturated heterocycles. The monoisotopic (exact) mass is 482 g/mol. The third-order valence-corrected chi connectivity index (χ3v) is 6.18. The van der Waals surface area contributed by atoms with Crippen LogP contribution in [0.3, 0.4) is 0 Å². The summed E-state index contributed by atoms with van der Waals surface area (Å²) in [4.78, 5) is 31.6. The standard InChI is InChI=1S/C25H26N2O6S/c1-6-31-24(29)21-15(4)26-25-27(23(28)20(34-25)13-17-8-7-11-32-17)22(21)16-9-10-18(33-14(2)3)19(12-16)30-5/h7-14,22H,6H2,1-5H3/b20-13-/t22-/m0/s1. The summed E-state index contributed by atoms with van der Waals surface area (Å²) in [5, 5.41) is 0. The second kappa shape index (κ2) is 9.72. The van der Waals surface area contributed by atoms with Gasteiger partial charge >= 0.3 is 5.97 Å². The number of thiazole rings is 1. The molecule has 0 fully saturated rings. The fourth-order valence-electron chi connectivity index (χ4n) is 3.82. The molecule has 0 amide bonds. The Morgan fingerprint density at radius 2 is 2.09 bits per heavy atom. The van der Waals surface area contributed by atoms with Crippen molar-refractivity contribution in [2.24, 2.45) is 4.99 Å². The molecule has 1 aliphatic heterocycles. The zero-order valence-corrected chi connectivity index (χ0v) is 20.5. The molecule has 1 aliphatic rings. The third kappa shape index (κ3) is 4.43. The molecule has 0 spiro atoms. The summed E-state index contributed by atoms with van der Waals surface area (Å²) in [5.41, 5.74) is 1.20. The van der Waals surface area contributed by atoms with E-state index in [2.05, 4.69) is 4.99 Å². The first-order valence-corrected chi connectivity index (χ1v) is 11.7. The molecule has 34 heavy (non-hydrogen) atoms. The summed E-state index contributed by atoms with van der Waals surface area (Å²) < 4.78 is 24.1. The zero-order valence-electron chi connectivity index (χ0n) is 19.7. The molecule has 178 valence electrons. The number of hydrogen-bond acceptors (Lipinski definition) is 8. The molecule has 0 unspecified atom stereocenters. The smallest absolute Gasteiger partial charge is 0.338 e. The topological polar surface area (TPSA) is 92.3 Å². The van der Waals surface area contributed by atoms with Crippen LogP contribution in [0.2, 0.25) is 0 Å². The van der Waals surface area contributed by atoms with Gasteiger partial charge in [-0.1, -0.05) is 17.4 Å². The lowest BCUT2D eigenvalue weighted by Gasteiger charge is -2.25. The Balaban J connectivity index is 1.94. The summed E-state index contributed by atoms with van der Waals surface area (Å²) in [6, 6.07) is 8.17. The van der Waals surface area contributed by atoms with Gasteiger partial charge in [-0.15, -0.1) is 0 Å². The van der Waals surface area contributed by atoms with E-state index in [9.17, 15) is 9.59 Å². The van der Waals surface area contributed by atoms with E-state index in [4.69, 9.17) is 18.6 Å². The summed E-state index contributed by atoms with van der Waals surface area (Å²) in [6.07, 6.45) is 3.17. The van der Waals surface area contributed by atoms with Crippen LogP contribution in [-0.2, 0) is 9.53 Å². The van der Waals surface area contributed by atoms with Gasteiger partial charge in [-0.05, 0) is 57.5 Å². The van der Waals surface area contributed by atoms with Crippen LogP contribution in [0.5, 0.6) is 11.5 Å². The largest absolute Gasteiger partial charge is 0.493 e. The van der Waals surface area contributed by atoms with Crippen LogP contribution in [0, 0.1) is 0 Å². The van der Waals surface area contributed by atoms with Crippen LogP contribution < -0.4 is 24.4 Å². The van der Waals surface area contributed by atoms with Gasteiger partial charge in [0.25, 0.3) is 5.56 Å². The maximum Gasteiger partial charge on any atom is 0.338 e. The van der Waals surface area contributed by atoms with Crippen molar-refractivity contribution in [1.29, 1.82) is 0 Å². The summed E-state index contributed by atoms with van der Waals surface area (Å²) in [5.74, 6) is 1.11. The highest BCUT2D eigenvalue weighted by Crippen LogP contribution is 2.36. The minimum atomic E-state index is -0.740. The maximum atomic E-state index is 13.5. The predicted octanol–water partition coefficient (Wildman–Crippen LogP) is 3.19. The number of allylic oxidation sites excluding steroid dienone is 1. The van der Waals surface area contributed by atoms with Crippen LogP contribution >= 0.6 is 11.3 Å². The Morgan fingerprint density at radius 1 is 1.29 bits per heavy atom. The first-order valence-electron chi connectivity index (χ1n) is 10.9. The first-order chi connectivity index (χ1) is 16.3. The molecule has 1 atom stereocenters. The van der Waals surface area contributed by atoms with Crippen molar-refractivity contribution in [2.45, 2.75) is 39.8 Å². The zero-order chi connectivity index (χ0) is 24.4. The van der Waals surface area contributed by atoms with Gasteiger partial charge in [-0.3, -0.25) is 9.36 Å². The summed E-state index contributed by atoms with van der Waals surface area (Å²) >= 11 is 1.24. The van der Waals surface area contributed by atoms with Gasteiger partial charge in [0.15, 0.2) is 16.3 Å². The van der Waals surface area contributed by atoms with Crippen LogP contribution in [0.15, 0.2) is 62.1 Å². The molecule has 4 rings (SSSR count). The molecule has 0 saturated carbocycles. The molecule has 9 heteroatoms. The van der Waals surface area contributed by atoms with Crippen molar-refractivity contribution >= 4 is 23.4 Å². The van der Waals surface area contributed by atoms with Gasteiger partial charge in [-0.25, -0.2) is 9.79 Å². The number of carbonyl (C=O) groups excluding carboxylic acids is 1. The normalized spacial score (nSPS) is 15.8. The number of hydrogen-bond donors (Lipinski definition) is 0. The number of benzene rings is 1. The quantitative estimate of drug-likeness (QED) is 0.481. The molecule has 0 bridgehead atoms. The van der Waals surface area contributed by atoms with Gasteiger partial charge in [-0.2, -0.15) is 0 Å². The molecule has 0 radical (unpaired) electrons. The average Bonchev–Trinajstić information content (AvgIpc) is 3.41. The first kappa shape index (κ1) is 23.6. The lowest BCUT2D eigenvalue weighted by atomic mass is 9.95. The second-order valence-corrected chi connectivity index (χ2v) is 8.90. The van der Waals surface area contributed by atoms with E-state index in [1.807, 2.05) is 19.9 Å². The number of fused-ring (bicyclic) bond motifs is 1. The highest BCUT2D eigenvalue weighted by molar-refractivity contribution is 7.07. The van der Waals surface area contributed by atoms with E-state index in [-0.39, 0.29) is 18.3 Å². The number of aromatic nitrogens is 1. The number of methoxy groups -OCH3 is 1. The summed E-state index contributed by atoms with van der Waals surface area (Å²) in [6.45, 7) is 7.54. The molecule has 3 heterocycles. The van der Waals surface area contributed by atoms with Gasteiger partial charge in [0.2, 0.25) is 0 Å². The van der Waals surface area contributed by atoms with Crippen LogP contribution in [0.4, 0.5) is 0 Å². The van der Waals surface area contributed by atoms with Crippen molar-refractivity contribution in [3.8, 4) is 11.5 Å². The minimum absolute atomic E-state index is 0.0451. The van der Waals surface area contributed by atoms with Crippen molar-refractivity contribution in [2.75, 3.05) is 13.7 Å². The molecule has 0 aliphatic carbocycles. The van der Waals surface area contributed by atoms with Crippen molar-refractivity contribution < 1.29 is 23.4 Å². The van der Waals surface area contributed by atoms with Crippen molar-refractivity contribution in [3.63, 3.8) is 0 Å². The van der Waals surface area contributed by atoms with E-state index >= 15 is 0 Å². The number of furan rings is 1. The fraction of sp³-hybridized carbons (Fsp3) is 0.320. The average molecular weight is 483 g/mol. The van der Waals surface area contributed by atoms with Crippen LogP contribution in [0.25, 0.3) is 6.08 Å². The highest BCUT2D eigenvalue weighted by Gasteiger charge is 2.34. The Labute approximate surface area is 200 Å².